The molecule has 0 radical (unpaired) electrons. The normalized spacial score (nSPS) is 15.7. The lowest BCUT2D eigenvalue weighted by atomic mass is 9.96. The Labute approximate surface area is 231 Å². The number of aryl methyl sites for hydroxylation is 2. The topological polar surface area (TPSA) is 106 Å². The van der Waals surface area contributed by atoms with Crippen LogP contribution in [0.5, 0.6) is 0 Å². The second-order valence-electron chi connectivity index (χ2n) is 9.61. The number of hydrogen-bond acceptors (Lipinski definition) is 7. The molecule has 204 valence electrons. The SMILES string of the molecule is CNC(=O)c1cc(-c2c([C@@H]3CCCC(=O)N3c3ccc(F)c(F)c3)nc3cc(-c4c(C)noc4C)ccn23)sn1. The Balaban J connectivity index is 1.56. The highest BCUT2D eigenvalue weighted by atomic mass is 32.1. The van der Waals surface area contributed by atoms with Gasteiger partial charge in [0, 0.05) is 37.0 Å². The van der Waals surface area contributed by atoms with Gasteiger partial charge in [-0.1, -0.05) is 5.16 Å². The number of fused-ring (bicyclic) bond motifs is 1. The zero-order valence-corrected chi connectivity index (χ0v) is 22.7. The summed E-state index contributed by atoms with van der Waals surface area (Å²) in [5.41, 5.74) is 4.82. The van der Waals surface area contributed by atoms with E-state index in [2.05, 4.69) is 14.8 Å². The molecule has 1 atom stereocenters. The van der Waals surface area contributed by atoms with Gasteiger partial charge in [0.05, 0.1) is 28.0 Å². The van der Waals surface area contributed by atoms with Gasteiger partial charge < -0.3 is 14.7 Å². The van der Waals surface area contributed by atoms with E-state index in [4.69, 9.17) is 9.51 Å². The van der Waals surface area contributed by atoms with E-state index in [0.29, 0.717) is 40.5 Å². The molecule has 5 aromatic rings. The van der Waals surface area contributed by atoms with Gasteiger partial charge in [-0.3, -0.25) is 14.0 Å². The first-order valence-corrected chi connectivity index (χ1v) is 13.5. The summed E-state index contributed by atoms with van der Waals surface area (Å²) in [7, 11) is 1.53. The summed E-state index contributed by atoms with van der Waals surface area (Å²) in [4.78, 5) is 32.7. The molecule has 2 amide bonds. The Kier molecular flexibility index (Phi) is 6.41. The molecule has 1 saturated heterocycles. The van der Waals surface area contributed by atoms with Crippen molar-refractivity contribution in [2.45, 2.75) is 39.2 Å². The van der Waals surface area contributed by atoms with E-state index in [9.17, 15) is 18.4 Å². The molecule has 12 heteroatoms. The molecule has 4 aromatic heterocycles. The van der Waals surface area contributed by atoms with Crippen LogP contribution in [0.1, 0.15) is 52.9 Å². The number of imidazole rings is 1. The molecular formula is C28H24F2N6O3S. The van der Waals surface area contributed by atoms with Gasteiger partial charge in [0.25, 0.3) is 5.91 Å². The van der Waals surface area contributed by atoms with Gasteiger partial charge in [-0.05, 0) is 74.1 Å². The van der Waals surface area contributed by atoms with Crippen LogP contribution in [0.2, 0.25) is 0 Å². The maximum Gasteiger partial charge on any atom is 0.270 e. The average molecular weight is 563 g/mol. The molecule has 0 aliphatic carbocycles. The molecule has 1 aromatic carbocycles. The lowest BCUT2D eigenvalue weighted by molar-refractivity contribution is -0.120. The summed E-state index contributed by atoms with van der Waals surface area (Å²) in [5, 5.41) is 6.64. The maximum atomic E-state index is 14.3. The van der Waals surface area contributed by atoms with E-state index in [-0.39, 0.29) is 29.6 Å². The Hall–Kier alpha value is -4.45. The monoisotopic (exact) mass is 562 g/mol. The van der Waals surface area contributed by atoms with Crippen molar-refractivity contribution in [3.63, 3.8) is 0 Å². The summed E-state index contributed by atoms with van der Waals surface area (Å²) < 4.78 is 39.6. The third-order valence-electron chi connectivity index (χ3n) is 7.12. The van der Waals surface area contributed by atoms with Crippen LogP contribution in [0.4, 0.5) is 14.5 Å². The zero-order valence-electron chi connectivity index (χ0n) is 21.9. The van der Waals surface area contributed by atoms with E-state index in [1.54, 1.807) is 6.07 Å². The van der Waals surface area contributed by atoms with Crippen LogP contribution in [0.25, 0.3) is 27.3 Å². The first-order chi connectivity index (χ1) is 19.3. The quantitative estimate of drug-likeness (QED) is 0.298. The number of pyridine rings is 1. The van der Waals surface area contributed by atoms with Crippen molar-refractivity contribution in [3.8, 4) is 21.7 Å². The molecule has 1 aliphatic rings. The van der Waals surface area contributed by atoms with Crippen molar-refractivity contribution in [1.29, 1.82) is 0 Å². The summed E-state index contributed by atoms with van der Waals surface area (Å²) in [5.74, 6) is -1.89. The number of hydrogen-bond donors (Lipinski definition) is 1. The number of benzene rings is 1. The number of anilines is 1. The maximum absolute atomic E-state index is 14.3. The number of aromatic nitrogens is 4. The Morgan fingerprint density at radius 3 is 2.70 bits per heavy atom. The summed E-state index contributed by atoms with van der Waals surface area (Å²) in [6.45, 7) is 3.70. The highest BCUT2D eigenvalue weighted by Gasteiger charge is 2.36. The largest absolute Gasteiger partial charge is 0.361 e. The molecule has 1 fully saturated rings. The highest BCUT2D eigenvalue weighted by molar-refractivity contribution is 7.09. The Bertz CT molecular complexity index is 1770. The van der Waals surface area contributed by atoms with Gasteiger partial charge >= 0.3 is 0 Å². The number of piperidine rings is 1. The smallest absolute Gasteiger partial charge is 0.270 e. The molecule has 1 N–H and O–H groups in total. The predicted molar refractivity (Wildman–Crippen MR) is 145 cm³/mol. The molecule has 40 heavy (non-hydrogen) atoms. The number of carbonyl (C=O) groups excluding carboxylic acids is 2. The summed E-state index contributed by atoms with van der Waals surface area (Å²) in [6, 6.07) is 8.41. The lowest BCUT2D eigenvalue weighted by Gasteiger charge is -2.35. The summed E-state index contributed by atoms with van der Waals surface area (Å²) >= 11 is 1.14. The van der Waals surface area contributed by atoms with Crippen LogP contribution in [0, 0.1) is 25.5 Å². The Morgan fingerprint density at radius 2 is 1.98 bits per heavy atom. The number of amides is 2. The van der Waals surface area contributed by atoms with E-state index in [0.717, 1.165) is 40.5 Å². The van der Waals surface area contributed by atoms with Crippen molar-refractivity contribution < 1.29 is 22.9 Å². The second-order valence-corrected chi connectivity index (χ2v) is 10.4. The van der Waals surface area contributed by atoms with Crippen LogP contribution in [-0.2, 0) is 4.79 Å². The molecule has 6 rings (SSSR count). The van der Waals surface area contributed by atoms with Crippen molar-refractivity contribution in [1.82, 2.24) is 24.2 Å². The minimum absolute atomic E-state index is 0.211. The second kappa shape index (κ2) is 9.94. The van der Waals surface area contributed by atoms with Crippen molar-refractivity contribution in [2.75, 3.05) is 11.9 Å². The van der Waals surface area contributed by atoms with Crippen LogP contribution < -0.4 is 10.2 Å². The number of rotatable bonds is 5. The summed E-state index contributed by atoms with van der Waals surface area (Å²) in [6.07, 6.45) is 3.30. The van der Waals surface area contributed by atoms with E-state index in [1.165, 1.54) is 18.0 Å². The number of carbonyl (C=O) groups is 2. The van der Waals surface area contributed by atoms with Gasteiger partial charge in [0.15, 0.2) is 11.6 Å². The highest BCUT2D eigenvalue weighted by Crippen LogP contribution is 2.42. The van der Waals surface area contributed by atoms with Gasteiger partial charge in [0.2, 0.25) is 5.91 Å². The van der Waals surface area contributed by atoms with E-state index < -0.39 is 17.7 Å². The van der Waals surface area contributed by atoms with Crippen LogP contribution in [-0.4, -0.2) is 37.8 Å². The molecule has 0 unspecified atom stereocenters. The molecule has 0 spiro atoms. The standard InChI is InChI=1S/C28H24F2N6O3S/c1-14-25(15(2)39-33-14)16-9-10-35-23(11-16)32-26(27(35)22-13-20(34-40-22)28(38)31-3)21-5-4-6-24(37)36(21)17-7-8-18(29)19(30)12-17/h7-13,21H,4-6H2,1-3H3,(H,31,38)/t21-/m0/s1. The molecule has 5 heterocycles. The number of halogens is 2. The third kappa shape index (κ3) is 4.24. The first kappa shape index (κ1) is 25.8. The first-order valence-electron chi connectivity index (χ1n) is 12.7. The average Bonchev–Trinajstić information content (AvgIpc) is 3.66. The van der Waals surface area contributed by atoms with Crippen LogP contribution in [0.15, 0.2) is 47.1 Å². The molecule has 1 aliphatic heterocycles. The van der Waals surface area contributed by atoms with Crippen LogP contribution >= 0.6 is 11.5 Å². The predicted octanol–water partition coefficient (Wildman–Crippen LogP) is 5.63. The molecule has 0 saturated carbocycles. The fraction of sp³-hybridized carbons (Fsp3) is 0.250. The fourth-order valence-electron chi connectivity index (χ4n) is 5.30. The minimum Gasteiger partial charge on any atom is -0.361 e. The van der Waals surface area contributed by atoms with Crippen LogP contribution in [0.3, 0.4) is 0 Å². The zero-order chi connectivity index (χ0) is 28.1. The van der Waals surface area contributed by atoms with E-state index >= 15 is 0 Å². The molecular weight excluding hydrogens is 538 g/mol. The minimum atomic E-state index is -1.04. The third-order valence-corrected chi connectivity index (χ3v) is 7.92. The Morgan fingerprint density at radius 1 is 1.15 bits per heavy atom. The number of nitrogens with one attached hydrogen (secondary N) is 1. The van der Waals surface area contributed by atoms with Crippen molar-refractivity contribution in [2.24, 2.45) is 0 Å². The molecule has 0 bridgehead atoms. The number of nitrogens with zero attached hydrogens (tertiary/aromatic N) is 5. The van der Waals surface area contributed by atoms with Gasteiger partial charge in [-0.15, -0.1) is 0 Å². The molecule has 9 nitrogen and oxygen atoms in total. The van der Waals surface area contributed by atoms with E-state index in [1.807, 2.05) is 36.6 Å². The fourth-order valence-corrected chi connectivity index (χ4v) is 6.09. The van der Waals surface area contributed by atoms with Crippen molar-refractivity contribution in [3.05, 3.63) is 77.1 Å². The van der Waals surface area contributed by atoms with Gasteiger partial charge in [-0.2, -0.15) is 4.37 Å². The van der Waals surface area contributed by atoms with Gasteiger partial charge in [-0.25, -0.2) is 13.8 Å². The van der Waals surface area contributed by atoms with Gasteiger partial charge in [0.1, 0.15) is 17.1 Å². The van der Waals surface area contributed by atoms with Crippen molar-refractivity contribution >= 4 is 34.7 Å². The lowest BCUT2D eigenvalue weighted by Crippen LogP contribution is -2.38.